The number of carbonyl (C=O) groups excluding carboxylic acids is 1. The molecule has 1 unspecified atom stereocenters. The van der Waals surface area contributed by atoms with Gasteiger partial charge in [0.15, 0.2) is 5.65 Å². The Balaban J connectivity index is 1.35. The number of fused-ring (bicyclic) bond motifs is 3. The fourth-order valence-electron chi connectivity index (χ4n) is 6.24. The van der Waals surface area contributed by atoms with Crippen molar-refractivity contribution in [2.75, 3.05) is 12.0 Å². The summed E-state index contributed by atoms with van der Waals surface area (Å²) >= 11 is 0. The number of amides is 1. The Kier molecular flexibility index (Phi) is 5.89. The van der Waals surface area contributed by atoms with Crippen LogP contribution in [0.1, 0.15) is 63.3 Å². The zero-order valence-corrected chi connectivity index (χ0v) is 22.7. The Labute approximate surface area is 224 Å². The summed E-state index contributed by atoms with van der Waals surface area (Å²) in [4.78, 5) is 20.0. The smallest absolute Gasteiger partial charge is 0.407 e. The van der Waals surface area contributed by atoms with Crippen molar-refractivity contribution in [1.82, 2.24) is 19.9 Å². The Morgan fingerprint density at radius 1 is 1.24 bits per heavy atom. The molecule has 3 aliphatic rings. The van der Waals surface area contributed by atoms with Crippen molar-refractivity contribution in [3.8, 4) is 5.75 Å². The molecule has 6 rings (SSSR count). The van der Waals surface area contributed by atoms with Crippen LogP contribution in [-0.4, -0.2) is 45.5 Å². The first-order valence-electron chi connectivity index (χ1n) is 13.6. The molecule has 8 heteroatoms. The van der Waals surface area contributed by atoms with Crippen LogP contribution in [0.25, 0.3) is 5.65 Å². The number of methoxy groups -OCH3 is 1. The molecule has 1 amide bonds. The number of allylic oxidation sites excluding steroid dienone is 1. The lowest BCUT2D eigenvalue weighted by molar-refractivity contribution is 0.0470. The summed E-state index contributed by atoms with van der Waals surface area (Å²) in [5, 5.41) is 7.79. The van der Waals surface area contributed by atoms with E-state index in [0.717, 1.165) is 55.9 Å². The fraction of sp³-hybridized carbons (Fsp3) is 0.500. The molecule has 1 N–H and O–H groups in total. The van der Waals surface area contributed by atoms with Crippen LogP contribution in [0.4, 0.5) is 10.6 Å². The van der Waals surface area contributed by atoms with E-state index in [2.05, 4.69) is 35.0 Å². The summed E-state index contributed by atoms with van der Waals surface area (Å²) in [6.07, 6.45) is 8.54. The van der Waals surface area contributed by atoms with E-state index in [9.17, 15) is 4.79 Å². The first-order valence-corrected chi connectivity index (χ1v) is 13.6. The molecular weight excluding hydrogens is 478 g/mol. The van der Waals surface area contributed by atoms with Crippen LogP contribution >= 0.6 is 0 Å². The van der Waals surface area contributed by atoms with Crippen LogP contribution in [0, 0.1) is 5.92 Å². The molecule has 2 saturated carbocycles. The molecule has 3 aliphatic carbocycles. The highest BCUT2D eigenvalue weighted by Gasteiger charge is 2.57. The van der Waals surface area contributed by atoms with Crippen molar-refractivity contribution in [3.05, 3.63) is 66.0 Å². The van der Waals surface area contributed by atoms with Crippen LogP contribution in [-0.2, 0) is 23.1 Å². The minimum atomic E-state index is -0.516. The minimum Gasteiger partial charge on any atom is -0.497 e. The molecule has 1 spiro atoms. The van der Waals surface area contributed by atoms with Gasteiger partial charge in [-0.1, -0.05) is 18.2 Å². The second kappa shape index (κ2) is 9.03. The van der Waals surface area contributed by atoms with Gasteiger partial charge in [0.05, 0.1) is 19.0 Å². The fourth-order valence-corrected chi connectivity index (χ4v) is 6.24. The van der Waals surface area contributed by atoms with Gasteiger partial charge in [-0.2, -0.15) is 9.61 Å². The third-order valence-corrected chi connectivity index (χ3v) is 8.34. The molecule has 1 aromatic carbocycles. The highest BCUT2D eigenvalue weighted by Crippen LogP contribution is 2.61. The second-order valence-electron chi connectivity index (χ2n) is 12.0. The van der Waals surface area contributed by atoms with E-state index in [1.807, 2.05) is 49.7 Å². The third-order valence-electron chi connectivity index (χ3n) is 8.34. The van der Waals surface area contributed by atoms with Crippen LogP contribution in [0.15, 0.2) is 49.2 Å². The monoisotopic (exact) mass is 515 g/mol. The van der Waals surface area contributed by atoms with E-state index in [1.165, 1.54) is 16.8 Å². The lowest BCUT2D eigenvalue weighted by Crippen LogP contribution is -2.55. The third kappa shape index (κ3) is 4.29. The van der Waals surface area contributed by atoms with E-state index >= 15 is 0 Å². The van der Waals surface area contributed by atoms with E-state index < -0.39 is 5.60 Å². The predicted molar refractivity (Wildman–Crippen MR) is 147 cm³/mol. The van der Waals surface area contributed by atoms with Crippen molar-refractivity contribution >= 4 is 17.6 Å². The number of carbonyl (C=O) groups is 1. The molecule has 0 saturated heterocycles. The van der Waals surface area contributed by atoms with Crippen molar-refractivity contribution in [1.29, 1.82) is 0 Å². The number of rotatable bonds is 7. The zero-order chi connectivity index (χ0) is 26.7. The van der Waals surface area contributed by atoms with Gasteiger partial charge in [0, 0.05) is 35.7 Å². The Bertz CT molecular complexity index is 1360. The molecule has 8 nitrogen and oxygen atoms in total. The standard InChI is InChI=1S/C30H37N5O3/c1-6-20-15-24-26(30(20)12-13-30)33-25-11-14-31-35(25)27(24)34(18-19-7-9-23(37-5)10-8-19)22-16-21(17-22)32-28(36)38-29(2,3)4/h6-11,14,20-22H,1,12-13,15-18H2,2-5H3,(H,32,36). The quantitative estimate of drug-likeness (QED) is 0.436. The summed E-state index contributed by atoms with van der Waals surface area (Å²) in [6.45, 7) is 10.6. The van der Waals surface area contributed by atoms with Crippen LogP contribution in [0.5, 0.6) is 5.75 Å². The normalized spacial score (nSPS) is 23.0. The maximum Gasteiger partial charge on any atom is 0.407 e. The lowest BCUT2D eigenvalue weighted by Gasteiger charge is -2.44. The zero-order valence-electron chi connectivity index (χ0n) is 22.7. The lowest BCUT2D eigenvalue weighted by atomic mass is 9.85. The van der Waals surface area contributed by atoms with Crippen molar-refractivity contribution < 1.29 is 14.3 Å². The number of nitrogens with zero attached hydrogens (tertiary/aromatic N) is 4. The number of hydrogen-bond acceptors (Lipinski definition) is 6. The van der Waals surface area contributed by atoms with Crippen molar-refractivity contribution in [2.45, 2.75) is 82.5 Å². The molecule has 0 aliphatic heterocycles. The molecule has 2 heterocycles. The van der Waals surface area contributed by atoms with Gasteiger partial charge in [-0.25, -0.2) is 9.78 Å². The molecule has 1 atom stereocenters. The highest BCUT2D eigenvalue weighted by atomic mass is 16.6. The van der Waals surface area contributed by atoms with Crippen molar-refractivity contribution in [3.63, 3.8) is 0 Å². The topological polar surface area (TPSA) is 81.0 Å². The molecule has 200 valence electrons. The summed E-state index contributed by atoms with van der Waals surface area (Å²) in [5.41, 5.74) is 4.21. The van der Waals surface area contributed by atoms with Gasteiger partial charge in [0.25, 0.3) is 0 Å². The summed E-state index contributed by atoms with van der Waals surface area (Å²) in [6, 6.07) is 10.6. The summed E-state index contributed by atoms with van der Waals surface area (Å²) in [7, 11) is 1.69. The van der Waals surface area contributed by atoms with Gasteiger partial charge in [-0.05, 0) is 76.5 Å². The molecule has 38 heavy (non-hydrogen) atoms. The number of anilines is 1. The van der Waals surface area contributed by atoms with E-state index in [0.29, 0.717) is 5.92 Å². The number of benzene rings is 1. The minimum absolute atomic E-state index is 0.0758. The number of ether oxygens (including phenoxy) is 2. The largest absolute Gasteiger partial charge is 0.497 e. The van der Waals surface area contributed by atoms with E-state index in [4.69, 9.17) is 19.6 Å². The average Bonchev–Trinajstić information content (AvgIpc) is 3.40. The predicted octanol–water partition coefficient (Wildman–Crippen LogP) is 5.19. The Morgan fingerprint density at radius 3 is 2.61 bits per heavy atom. The van der Waals surface area contributed by atoms with E-state index in [-0.39, 0.29) is 23.6 Å². The molecule has 3 aromatic rings. The number of nitrogens with one attached hydrogen (secondary N) is 1. The van der Waals surface area contributed by atoms with Gasteiger partial charge >= 0.3 is 6.09 Å². The highest BCUT2D eigenvalue weighted by molar-refractivity contribution is 5.68. The molecular formula is C30H37N5O3. The van der Waals surface area contributed by atoms with Gasteiger partial charge < -0.3 is 19.7 Å². The summed E-state index contributed by atoms with van der Waals surface area (Å²) in [5.74, 6) is 2.37. The first-order chi connectivity index (χ1) is 18.2. The molecule has 0 radical (unpaired) electrons. The maximum atomic E-state index is 12.4. The molecule has 0 bridgehead atoms. The average molecular weight is 516 g/mol. The van der Waals surface area contributed by atoms with Crippen LogP contribution in [0.2, 0.25) is 0 Å². The molecule has 2 aromatic heterocycles. The second-order valence-corrected chi connectivity index (χ2v) is 12.0. The van der Waals surface area contributed by atoms with Gasteiger partial charge in [-0.15, -0.1) is 6.58 Å². The maximum absolute atomic E-state index is 12.4. The van der Waals surface area contributed by atoms with Gasteiger partial charge in [0.1, 0.15) is 17.2 Å². The number of alkyl carbamates (subject to hydrolysis) is 1. The van der Waals surface area contributed by atoms with E-state index in [1.54, 1.807) is 7.11 Å². The first kappa shape index (κ1) is 24.8. The Morgan fingerprint density at radius 2 is 1.97 bits per heavy atom. The SMILES string of the molecule is C=CC1Cc2c(nc3ccnn3c2N(Cc2ccc(OC)cc2)C2CC(NC(=O)OC(C)(C)C)C2)C12CC2. The number of aromatic nitrogens is 3. The Hall–Kier alpha value is -3.55. The number of hydrogen-bond donors (Lipinski definition) is 1. The van der Waals surface area contributed by atoms with Crippen LogP contribution < -0.4 is 15.0 Å². The van der Waals surface area contributed by atoms with Gasteiger partial charge in [0.2, 0.25) is 0 Å². The van der Waals surface area contributed by atoms with Crippen molar-refractivity contribution in [2.24, 2.45) is 5.92 Å². The molecule has 2 fully saturated rings. The van der Waals surface area contributed by atoms with Crippen LogP contribution in [0.3, 0.4) is 0 Å². The summed E-state index contributed by atoms with van der Waals surface area (Å²) < 4.78 is 12.9. The van der Waals surface area contributed by atoms with Gasteiger partial charge in [-0.3, -0.25) is 0 Å².